The standard InChI is InChI=1S/C25H29NO4/c1-16-4-5-20(24(10-16)29-3)15-30-22-8-9-23-17(2)19(7-6-18(23)11-22)12-26-13-21(14-26)25(27)28/h4-5,8-11,21H,6-7,12-15H2,1-3H3,(H,27,28). The first-order valence-corrected chi connectivity index (χ1v) is 10.5. The Morgan fingerprint density at radius 1 is 1.13 bits per heavy atom. The van der Waals surface area contributed by atoms with Crippen LogP contribution in [0.4, 0.5) is 0 Å². The Kier molecular flexibility index (Phi) is 5.82. The topological polar surface area (TPSA) is 59.0 Å². The zero-order valence-electron chi connectivity index (χ0n) is 17.9. The molecule has 1 fully saturated rings. The van der Waals surface area contributed by atoms with E-state index in [4.69, 9.17) is 14.6 Å². The molecule has 2 aromatic carbocycles. The van der Waals surface area contributed by atoms with E-state index in [1.807, 2.05) is 19.1 Å². The maximum absolute atomic E-state index is 11.0. The van der Waals surface area contributed by atoms with E-state index in [1.165, 1.54) is 27.8 Å². The van der Waals surface area contributed by atoms with Crippen molar-refractivity contribution in [3.05, 3.63) is 64.2 Å². The predicted molar refractivity (Wildman–Crippen MR) is 117 cm³/mol. The second kappa shape index (κ2) is 8.52. The Morgan fingerprint density at radius 3 is 2.67 bits per heavy atom. The lowest BCUT2D eigenvalue weighted by Crippen LogP contribution is -2.50. The quantitative estimate of drug-likeness (QED) is 0.741. The molecule has 1 aliphatic heterocycles. The van der Waals surface area contributed by atoms with Gasteiger partial charge >= 0.3 is 5.97 Å². The van der Waals surface area contributed by atoms with Crippen molar-refractivity contribution >= 4 is 11.5 Å². The van der Waals surface area contributed by atoms with E-state index in [0.717, 1.165) is 36.4 Å². The van der Waals surface area contributed by atoms with Gasteiger partial charge in [0.1, 0.15) is 18.1 Å². The molecular weight excluding hydrogens is 378 g/mol. The summed E-state index contributed by atoms with van der Waals surface area (Å²) >= 11 is 0. The van der Waals surface area contributed by atoms with Gasteiger partial charge in [0.2, 0.25) is 0 Å². The van der Waals surface area contributed by atoms with Crippen molar-refractivity contribution in [2.45, 2.75) is 33.3 Å². The molecule has 0 unspecified atom stereocenters. The Balaban J connectivity index is 1.42. The smallest absolute Gasteiger partial charge is 0.309 e. The molecule has 2 aromatic rings. The number of aliphatic carboxylic acids is 1. The molecule has 0 aromatic heterocycles. The monoisotopic (exact) mass is 407 g/mol. The van der Waals surface area contributed by atoms with E-state index in [9.17, 15) is 4.79 Å². The van der Waals surface area contributed by atoms with Gasteiger partial charge < -0.3 is 14.6 Å². The minimum absolute atomic E-state index is 0.200. The van der Waals surface area contributed by atoms with Crippen molar-refractivity contribution in [3.8, 4) is 11.5 Å². The van der Waals surface area contributed by atoms with E-state index in [0.29, 0.717) is 19.7 Å². The lowest BCUT2D eigenvalue weighted by Gasteiger charge is -2.38. The van der Waals surface area contributed by atoms with Crippen molar-refractivity contribution in [2.75, 3.05) is 26.7 Å². The van der Waals surface area contributed by atoms with Gasteiger partial charge in [-0.1, -0.05) is 23.8 Å². The van der Waals surface area contributed by atoms with Crippen molar-refractivity contribution in [1.29, 1.82) is 0 Å². The van der Waals surface area contributed by atoms with Gasteiger partial charge in [0, 0.05) is 25.2 Å². The summed E-state index contributed by atoms with van der Waals surface area (Å²) in [6.07, 6.45) is 2.01. The Bertz CT molecular complexity index is 989. The van der Waals surface area contributed by atoms with Gasteiger partial charge in [-0.25, -0.2) is 0 Å². The summed E-state index contributed by atoms with van der Waals surface area (Å²) in [4.78, 5) is 13.2. The van der Waals surface area contributed by atoms with Crippen LogP contribution in [-0.2, 0) is 17.8 Å². The molecule has 5 heteroatoms. The summed E-state index contributed by atoms with van der Waals surface area (Å²) in [7, 11) is 1.69. The van der Waals surface area contributed by atoms with Gasteiger partial charge in [-0.05, 0) is 67.2 Å². The number of ether oxygens (including phenoxy) is 2. The van der Waals surface area contributed by atoms with Crippen LogP contribution in [0.2, 0.25) is 0 Å². The van der Waals surface area contributed by atoms with Gasteiger partial charge in [0.15, 0.2) is 0 Å². The number of hydrogen-bond acceptors (Lipinski definition) is 4. The van der Waals surface area contributed by atoms with Crippen molar-refractivity contribution in [3.63, 3.8) is 0 Å². The highest BCUT2D eigenvalue weighted by Gasteiger charge is 2.33. The van der Waals surface area contributed by atoms with E-state index < -0.39 is 5.97 Å². The molecule has 0 saturated carbocycles. The van der Waals surface area contributed by atoms with E-state index >= 15 is 0 Å². The molecule has 0 bridgehead atoms. The fraction of sp³-hybridized carbons (Fsp3) is 0.400. The largest absolute Gasteiger partial charge is 0.496 e. The number of carboxylic acid groups (broad SMARTS) is 1. The van der Waals surface area contributed by atoms with Crippen molar-refractivity contribution in [1.82, 2.24) is 4.90 Å². The van der Waals surface area contributed by atoms with Crippen molar-refractivity contribution < 1.29 is 19.4 Å². The molecule has 0 amide bonds. The number of rotatable bonds is 7. The van der Waals surface area contributed by atoms with Gasteiger partial charge in [0.25, 0.3) is 0 Å². The maximum atomic E-state index is 11.0. The average molecular weight is 408 g/mol. The lowest BCUT2D eigenvalue weighted by atomic mass is 9.85. The summed E-state index contributed by atoms with van der Waals surface area (Å²) in [5.74, 6) is 0.850. The number of allylic oxidation sites excluding steroid dienone is 1. The van der Waals surface area contributed by atoms with Crippen molar-refractivity contribution in [2.24, 2.45) is 5.92 Å². The summed E-state index contributed by atoms with van der Waals surface area (Å²) < 4.78 is 11.5. The first kappa shape index (κ1) is 20.5. The molecule has 1 heterocycles. The summed E-state index contributed by atoms with van der Waals surface area (Å²) in [6, 6.07) is 12.5. The van der Waals surface area contributed by atoms with Crippen LogP contribution in [0.25, 0.3) is 5.57 Å². The summed E-state index contributed by atoms with van der Waals surface area (Å²) in [5.41, 5.74) is 7.54. The van der Waals surface area contributed by atoms with Crippen LogP contribution in [0.5, 0.6) is 11.5 Å². The number of benzene rings is 2. The highest BCUT2D eigenvalue weighted by atomic mass is 16.5. The SMILES string of the molecule is COc1cc(C)ccc1COc1ccc2c(c1)CCC(CN1CC(C(=O)O)C1)=C2C. The number of carbonyl (C=O) groups is 1. The Hall–Kier alpha value is -2.79. The number of hydrogen-bond donors (Lipinski definition) is 1. The van der Waals surface area contributed by atoms with Gasteiger partial charge in [-0.2, -0.15) is 0 Å². The van der Waals surface area contributed by atoms with Crippen LogP contribution in [0.1, 0.15) is 35.6 Å². The van der Waals surface area contributed by atoms with Crippen LogP contribution >= 0.6 is 0 Å². The molecule has 0 radical (unpaired) electrons. The Labute approximate surface area is 177 Å². The van der Waals surface area contributed by atoms with E-state index in [-0.39, 0.29) is 5.92 Å². The minimum atomic E-state index is -0.679. The number of nitrogens with zero attached hydrogens (tertiary/aromatic N) is 1. The molecular formula is C25H29NO4. The minimum Gasteiger partial charge on any atom is -0.496 e. The molecule has 1 N–H and O–H groups in total. The highest BCUT2D eigenvalue weighted by Crippen LogP contribution is 2.35. The number of fused-ring (bicyclic) bond motifs is 1. The third-order valence-corrected chi connectivity index (χ3v) is 6.26. The van der Waals surface area contributed by atoms with Crippen LogP contribution < -0.4 is 9.47 Å². The number of methoxy groups -OCH3 is 1. The third kappa shape index (κ3) is 4.21. The Morgan fingerprint density at radius 2 is 1.93 bits per heavy atom. The van der Waals surface area contributed by atoms with Gasteiger partial charge in [-0.15, -0.1) is 0 Å². The molecule has 4 rings (SSSR count). The molecule has 0 atom stereocenters. The third-order valence-electron chi connectivity index (χ3n) is 6.26. The summed E-state index contributed by atoms with van der Waals surface area (Å²) in [6.45, 7) is 6.90. The average Bonchev–Trinajstić information content (AvgIpc) is 2.70. The second-order valence-electron chi connectivity index (χ2n) is 8.38. The van der Waals surface area contributed by atoms with Gasteiger partial charge in [-0.3, -0.25) is 9.69 Å². The number of aryl methyl sites for hydroxylation is 2. The fourth-order valence-corrected chi connectivity index (χ4v) is 4.35. The molecule has 30 heavy (non-hydrogen) atoms. The number of carboxylic acids is 1. The zero-order valence-corrected chi connectivity index (χ0v) is 17.9. The first-order valence-electron chi connectivity index (χ1n) is 10.5. The molecule has 0 spiro atoms. The fourth-order valence-electron chi connectivity index (χ4n) is 4.35. The van der Waals surface area contributed by atoms with Crippen LogP contribution in [-0.4, -0.2) is 42.7 Å². The van der Waals surface area contributed by atoms with Crippen LogP contribution in [0.15, 0.2) is 42.0 Å². The lowest BCUT2D eigenvalue weighted by molar-refractivity contribution is -0.147. The molecule has 5 nitrogen and oxygen atoms in total. The molecule has 2 aliphatic rings. The first-order chi connectivity index (χ1) is 14.4. The zero-order chi connectivity index (χ0) is 21.3. The second-order valence-corrected chi connectivity index (χ2v) is 8.38. The van der Waals surface area contributed by atoms with Gasteiger partial charge in [0.05, 0.1) is 13.0 Å². The van der Waals surface area contributed by atoms with E-state index in [1.54, 1.807) is 7.11 Å². The summed E-state index contributed by atoms with van der Waals surface area (Å²) in [5, 5.41) is 9.07. The normalized spacial score (nSPS) is 16.8. The molecule has 158 valence electrons. The van der Waals surface area contributed by atoms with E-state index in [2.05, 4.69) is 36.1 Å². The number of likely N-dealkylation sites (tertiary alicyclic amines) is 1. The van der Waals surface area contributed by atoms with Crippen LogP contribution in [0.3, 0.4) is 0 Å². The predicted octanol–water partition coefficient (Wildman–Crippen LogP) is 4.32. The maximum Gasteiger partial charge on any atom is 0.309 e. The van der Waals surface area contributed by atoms with Crippen LogP contribution in [0, 0.1) is 12.8 Å². The highest BCUT2D eigenvalue weighted by molar-refractivity contribution is 5.73. The molecule has 1 aliphatic carbocycles. The molecule has 1 saturated heterocycles.